The average Bonchev–Trinajstić information content (AvgIpc) is 3.06. The molecule has 3 aromatic rings. The van der Waals surface area contributed by atoms with Crippen molar-refractivity contribution in [2.24, 2.45) is 0 Å². The van der Waals surface area contributed by atoms with Crippen LogP contribution in [-0.4, -0.2) is 10.9 Å². The van der Waals surface area contributed by atoms with Crippen molar-refractivity contribution in [2.45, 2.75) is 6.92 Å². The summed E-state index contributed by atoms with van der Waals surface area (Å²) in [5.74, 6) is 5.80. The van der Waals surface area contributed by atoms with E-state index >= 15 is 0 Å². The molecule has 1 amide bonds. The molecular weight excluding hydrogens is 330 g/mol. The number of aryl methyl sites for hydroxylation is 1. The van der Waals surface area contributed by atoms with E-state index in [1.165, 1.54) is 0 Å². The van der Waals surface area contributed by atoms with Crippen molar-refractivity contribution in [2.75, 3.05) is 5.32 Å². The third kappa shape index (κ3) is 4.32. The molecule has 0 unspecified atom stereocenters. The Morgan fingerprint density at radius 3 is 2.60 bits per heavy atom. The second-order valence-corrected chi connectivity index (χ2v) is 6.29. The number of nitriles is 1. The Bertz CT molecular complexity index is 1020. The minimum atomic E-state index is -0.224. The molecule has 0 aliphatic heterocycles. The van der Waals surface area contributed by atoms with Crippen molar-refractivity contribution in [3.8, 4) is 17.9 Å². The zero-order valence-electron chi connectivity index (χ0n) is 13.4. The number of aromatic nitrogens is 1. The maximum absolute atomic E-state index is 12.4. The molecule has 5 heteroatoms. The van der Waals surface area contributed by atoms with Gasteiger partial charge in [0.1, 0.15) is 5.69 Å². The summed E-state index contributed by atoms with van der Waals surface area (Å²) in [6.45, 7) is 1.93. The third-order valence-electron chi connectivity index (χ3n) is 3.35. The van der Waals surface area contributed by atoms with E-state index in [9.17, 15) is 4.79 Å². The number of thiazole rings is 1. The first-order chi connectivity index (χ1) is 12.1. The van der Waals surface area contributed by atoms with Crippen molar-refractivity contribution >= 4 is 22.9 Å². The van der Waals surface area contributed by atoms with Crippen LogP contribution < -0.4 is 5.32 Å². The van der Waals surface area contributed by atoms with Crippen LogP contribution in [0.2, 0.25) is 0 Å². The molecule has 0 saturated carbocycles. The van der Waals surface area contributed by atoms with Gasteiger partial charge in [0.25, 0.3) is 5.91 Å². The number of carbonyl (C=O) groups excluding carboxylic acids is 1. The Balaban J connectivity index is 1.75. The predicted molar refractivity (Wildman–Crippen MR) is 98.4 cm³/mol. The van der Waals surface area contributed by atoms with Gasteiger partial charge < -0.3 is 5.32 Å². The summed E-state index contributed by atoms with van der Waals surface area (Å²) in [4.78, 5) is 16.7. The largest absolute Gasteiger partial charge is 0.322 e. The van der Waals surface area contributed by atoms with Gasteiger partial charge >= 0.3 is 0 Å². The van der Waals surface area contributed by atoms with Gasteiger partial charge in [-0.15, -0.1) is 11.3 Å². The number of nitrogens with zero attached hydrogens (tertiary/aromatic N) is 2. The second kappa shape index (κ2) is 7.44. The van der Waals surface area contributed by atoms with Crippen molar-refractivity contribution in [3.63, 3.8) is 0 Å². The maximum atomic E-state index is 12.4. The predicted octanol–water partition coefficient (Wildman–Crippen LogP) is 3.98. The summed E-state index contributed by atoms with van der Waals surface area (Å²) in [7, 11) is 0. The first-order valence-corrected chi connectivity index (χ1v) is 8.38. The summed E-state index contributed by atoms with van der Waals surface area (Å²) < 4.78 is 0. The Labute approximate surface area is 149 Å². The van der Waals surface area contributed by atoms with Crippen molar-refractivity contribution in [3.05, 3.63) is 81.3 Å². The van der Waals surface area contributed by atoms with Gasteiger partial charge in [0, 0.05) is 22.2 Å². The van der Waals surface area contributed by atoms with E-state index in [2.05, 4.69) is 22.1 Å². The molecule has 1 aromatic heterocycles. The van der Waals surface area contributed by atoms with Crippen LogP contribution in [-0.2, 0) is 0 Å². The number of anilines is 1. The first-order valence-electron chi connectivity index (χ1n) is 7.50. The standard InChI is InChI=1S/C20H13N3OS/c1-14-22-19(13-25-14)10-5-15-3-2-4-17(11-15)20(24)23-18-8-6-16(12-21)7-9-18/h2-4,6-9,11,13H,1H3,(H,23,24). The number of rotatable bonds is 2. The molecular formula is C20H13N3OS. The van der Waals surface area contributed by atoms with Crippen LogP contribution in [0.15, 0.2) is 53.9 Å². The summed E-state index contributed by atoms with van der Waals surface area (Å²) >= 11 is 1.55. The van der Waals surface area contributed by atoms with Crippen molar-refractivity contribution in [1.29, 1.82) is 5.26 Å². The Hall–Kier alpha value is -3.41. The Morgan fingerprint density at radius 1 is 1.12 bits per heavy atom. The second-order valence-electron chi connectivity index (χ2n) is 5.23. The summed E-state index contributed by atoms with van der Waals surface area (Å²) in [6.07, 6.45) is 0. The molecule has 25 heavy (non-hydrogen) atoms. The van der Waals surface area contributed by atoms with Gasteiger partial charge in [-0.25, -0.2) is 4.98 Å². The molecule has 0 aliphatic rings. The van der Waals surface area contributed by atoms with Crippen molar-refractivity contribution < 1.29 is 4.79 Å². The molecule has 1 N–H and O–H groups in total. The fourth-order valence-corrected chi connectivity index (χ4v) is 2.67. The van der Waals surface area contributed by atoms with Gasteiger partial charge in [0.2, 0.25) is 0 Å². The summed E-state index contributed by atoms with van der Waals surface area (Å²) in [5, 5.41) is 14.5. The Kier molecular flexibility index (Phi) is 4.89. The van der Waals surface area contributed by atoms with Crippen LogP contribution in [0, 0.1) is 30.1 Å². The smallest absolute Gasteiger partial charge is 0.255 e. The quantitative estimate of drug-likeness (QED) is 0.716. The SMILES string of the molecule is Cc1nc(C#Cc2cccc(C(=O)Nc3ccc(C#N)cc3)c2)cs1. The minimum Gasteiger partial charge on any atom is -0.322 e. The van der Waals surface area contributed by atoms with Gasteiger partial charge in [-0.1, -0.05) is 12.0 Å². The van der Waals surface area contributed by atoms with Gasteiger partial charge in [0.05, 0.1) is 16.6 Å². The Morgan fingerprint density at radius 2 is 1.92 bits per heavy atom. The third-order valence-corrected chi connectivity index (χ3v) is 4.12. The summed E-state index contributed by atoms with van der Waals surface area (Å²) in [5.41, 5.74) is 3.18. The van der Waals surface area contributed by atoms with E-state index in [-0.39, 0.29) is 5.91 Å². The van der Waals surface area contributed by atoms with E-state index in [1.807, 2.05) is 24.4 Å². The van der Waals surface area contributed by atoms with E-state index in [4.69, 9.17) is 5.26 Å². The highest BCUT2D eigenvalue weighted by Gasteiger charge is 2.06. The van der Waals surface area contributed by atoms with E-state index in [0.717, 1.165) is 16.3 Å². The molecule has 0 aliphatic carbocycles. The van der Waals surface area contributed by atoms with Gasteiger partial charge in [0.15, 0.2) is 0 Å². The topological polar surface area (TPSA) is 65.8 Å². The van der Waals surface area contributed by atoms with Gasteiger partial charge in [-0.05, 0) is 55.3 Å². The van der Waals surface area contributed by atoms with E-state index in [1.54, 1.807) is 53.8 Å². The zero-order chi connectivity index (χ0) is 17.6. The van der Waals surface area contributed by atoms with Gasteiger partial charge in [-0.3, -0.25) is 4.79 Å². The van der Waals surface area contributed by atoms with Crippen LogP contribution >= 0.6 is 11.3 Å². The number of amides is 1. The van der Waals surface area contributed by atoms with Gasteiger partial charge in [-0.2, -0.15) is 5.26 Å². The number of hydrogen-bond donors (Lipinski definition) is 1. The van der Waals surface area contributed by atoms with E-state index in [0.29, 0.717) is 16.8 Å². The molecule has 0 spiro atoms. The molecule has 0 atom stereocenters. The fraction of sp³-hybridized carbons (Fsp3) is 0.0500. The molecule has 0 fully saturated rings. The molecule has 4 nitrogen and oxygen atoms in total. The molecule has 0 bridgehead atoms. The van der Waals surface area contributed by atoms with Crippen LogP contribution in [0.4, 0.5) is 5.69 Å². The minimum absolute atomic E-state index is 0.224. The highest BCUT2D eigenvalue weighted by molar-refractivity contribution is 7.09. The number of benzene rings is 2. The van der Waals surface area contributed by atoms with Crippen LogP contribution in [0.3, 0.4) is 0 Å². The number of nitrogens with one attached hydrogen (secondary N) is 1. The highest BCUT2D eigenvalue weighted by Crippen LogP contribution is 2.12. The van der Waals surface area contributed by atoms with Crippen molar-refractivity contribution in [1.82, 2.24) is 4.98 Å². The maximum Gasteiger partial charge on any atom is 0.255 e. The van der Waals surface area contributed by atoms with Crippen LogP contribution in [0.25, 0.3) is 0 Å². The highest BCUT2D eigenvalue weighted by atomic mass is 32.1. The fourth-order valence-electron chi connectivity index (χ4n) is 2.13. The monoisotopic (exact) mass is 343 g/mol. The lowest BCUT2D eigenvalue weighted by Crippen LogP contribution is -2.11. The molecule has 0 radical (unpaired) electrons. The first kappa shape index (κ1) is 16.4. The van der Waals surface area contributed by atoms with Crippen LogP contribution in [0.5, 0.6) is 0 Å². The number of carbonyl (C=O) groups is 1. The molecule has 2 aromatic carbocycles. The lowest BCUT2D eigenvalue weighted by molar-refractivity contribution is 0.102. The molecule has 3 rings (SSSR count). The summed E-state index contributed by atoms with van der Waals surface area (Å²) in [6, 6.07) is 15.9. The lowest BCUT2D eigenvalue weighted by Gasteiger charge is -2.05. The lowest BCUT2D eigenvalue weighted by atomic mass is 10.1. The van der Waals surface area contributed by atoms with Crippen LogP contribution in [0.1, 0.15) is 32.2 Å². The van der Waals surface area contributed by atoms with E-state index < -0.39 is 0 Å². The molecule has 0 saturated heterocycles. The average molecular weight is 343 g/mol. The zero-order valence-corrected chi connectivity index (χ0v) is 14.2. The number of hydrogen-bond acceptors (Lipinski definition) is 4. The molecule has 120 valence electrons. The molecule has 1 heterocycles. The normalized spacial score (nSPS) is 9.60.